The molecule has 0 heterocycles. The molecule has 0 spiro atoms. The van der Waals surface area contributed by atoms with Gasteiger partial charge >= 0.3 is 6.09 Å². The maximum absolute atomic E-state index is 13.8. The summed E-state index contributed by atoms with van der Waals surface area (Å²) in [7, 11) is 0. The average molecular weight is 526 g/mol. The summed E-state index contributed by atoms with van der Waals surface area (Å²) < 4.78 is 5.27. The summed E-state index contributed by atoms with van der Waals surface area (Å²) in [6, 6.07) is 11.1. The highest BCUT2D eigenvalue weighted by molar-refractivity contribution is 5.99. The molecule has 0 aliphatic heterocycles. The van der Waals surface area contributed by atoms with Gasteiger partial charge in [0.2, 0.25) is 5.91 Å². The van der Waals surface area contributed by atoms with Crippen molar-refractivity contribution in [3.8, 4) is 5.75 Å². The monoisotopic (exact) mass is 525 g/mol. The number of unbranched alkanes of at least 4 members (excludes halogenated alkanes) is 4. The zero-order valence-electron chi connectivity index (χ0n) is 23.6. The number of carbonyl (C=O) groups excluding carboxylic acids is 3. The van der Waals surface area contributed by atoms with Gasteiger partial charge < -0.3 is 25.4 Å². The fourth-order valence-corrected chi connectivity index (χ4v) is 4.22. The highest BCUT2D eigenvalue weighted by atomic mass is 16.6. The molecule has 2 aromatic rings. The highest BCUT2D eigenvalue weighted by Crippen LogP contribution is 2.31. The van der Waals surface area contributed by atoms with Crippen molar-refractivity contribution in [3.63, 3.8) is 0 Å². The van der Waals surface area contributed by atoms with E-state index in [1.54, 1.807) is 39.0 Å². The van der Waals surface area contributed by atoms with Crippen LogP contribution in [0.2, 0.25) is 0 Å². The smallest absolute Gasteiger partial charge is 0.408 e. The van der Waals surface area contributed by atoms with E-state index < -0.39 is 29.6 Å². The van der Waals surface area contributed by atoms with Crippen LogP contribution < -0.4 is 10.6 Å². The third-order valence-electron chi connectivity index (χ3n) is 6.13. The predicted molar refractivity (Wildman–Crippen MR) is 150 cm³/mol. The molecular weight excluding hydrogens is 482 g/mol. The molecule has 2 aromatic carbocycles. The minimum atomic E-state index is -1.10. The number of phenols is 1. The Bertz CT molecular complexity index is 1070. The number of benzene rings is 2. The lowest BCUT2D eigenvalue weighted by molar-refractivity contribution is -0.138. The molecular formula is C30H43N3O5. The number of aromatic hydroxyl groups is 1. The number of nitrogens with zero attached hydrogens (tertiary/aromatic N) is 1. The second-order valence-electron chi connectivity index (χ2n) is 10.6. The normalized spacial score (nSPS) is 11.9. The summed E-state index contributed by atoms with van der Waals surface area (Å²) in [5.74, 6) is -0.975. The van der Waals surface area contributed by atoms with Crippen molar-refractivity contribution >= 4 is 23.6 Å². The Balaban J connectivity index is 2.40. The summed E-state index contributed by atoms with van der Waals surface area (Å²) in [6.45, 7) is 11.1. The van der Waals surface area contributed by atoms with Gasteiger partial charge in [-0.3, -0.25) is 9.59 Å². The highest BCUT2D eigenvalue weighted by Gasteiger charge is 2.33. The average Bonchev–Trinajstić information content (AvgIpc) is 2.84. The molecule has 3 N–H and O–H groups in total. The minimum Gasteiger partial charge on any atom is -0.508 e. The summed E-state index contributed by atoms with van der Waals surface area (Å²) in [6.07, 6.45) is 4.05. The number of hydrogen-bond donors (Lipinski definition) is 3. The van der Waals surface area contributed by atoms with Gasteiger partial charge in [0.05, 0.1) is 0 Å². The molecule has 0 aromatic heterocycles. The van der Waals surface area contributed by atoms with Crippen LogP contribution in [0.4, 0.5) is 10.5 Å². The Labute approximate surface area is 226 Å². The summed E-state index contributed by atoms with van der Waals surface area (Å²) in [5, 5.41) is 16.2. The molecule has 2 rings (SSSR count). The molecule has 8 heteroatoms. The van der Waals surface area contributed by atoms with Crippen molar-refractivity contribution in [2.45, 2.75) is 85.3 Å². The van der Waals surface area contributed by atoms with E-state index in [4.69, 9.17) is 4.74 Å². The van der Waals surface area contributed by atoms with Crippen LogP contribution in [0.25, 0.3) is 0 Å². The van der Waals surface area contributed by atoms with Crippen LogP contribution >= 0.6 is 0 Å². The van der Waals surface area contributed by atoms with Crippen LogP contribution in [0, 0.1) is 13.8 Å². The number of amides is 3. The SMILES string of the molecule is CCCCCCCN(C(=O)CNC(=O)OC(C)(C)C)C(C(=O)Nc1c(C)cccc1C)c1ccccc1O. The molecule has 0 saturated heterocycles. The van der Waals surface area contributed by atoms with Crippen LogP contribution in [-0.4, -0.2) is 46.6 Å². The van der Waals surface area contributed by atoms with E-state index >= 15 is 0 Å². The third-order valence-corrected chi connectivity index (χ3v) is 6.13. The van der Waals surface area contributed by atoms with Gasteiger partial charge in [0.1, 0.15) is 23.9 Å². The number of alkyl carbamates (subject to hydrolysis) is 1. The van der Waals surface area contributed by atoms with Crippen LogP contribution in [0.5, 0.6) is 5.75 Å². The number of aryl methyl sites for hydroxylation is 2. The second kappa shape index (κ2) is 14.4. The van der Waals surface area contributed by atoms with Gasteiger partial charge in [0, 0.05) is 17.8 Å². The second-order valence-corrected chi connectivity index (χ2v) is 10.6. The summed E-state index contributed by atoms with van der Waals surface area (Å²) >= 11 is 0. The Morgan fingerprint density at radius 2 is 1.58 bits per heavy atom. The Hall–Kier alpha value is -3.55. The van der Waals surface area contributed by atoms with Gasteiger partial charge in [-0.1, -0.05) is 69.0 Å². The Kier molecular flexibility index (Phi) is 11.6. The first-order valence-corrected chi connectivity index (χ1v) is 13.4. The van der Waals surface area contributed by atoms with Gasteiger partial charge in [-0.2, -0.15) is 0 Å². The van der Waals surface area contributed by atoms with E-state index in [1.165, 1.54) is 11.0 Å². The number of para-hydroxylation sites is 2. The van der Waals surface area contributed by atoms with E-state index in [1.807, 2.05) is 32.0 Å². The molecule has 1 unspecified atom stereocenters. The quantitative estimate of drug-likeness (QED) is 0.294. The predicted octanol–water partition coefficient (Wildman–Crippen LogP) is 6.01. The molecule has 0 fully saturated rings. The molecule has 0 aliphatic rings. The van der Waals surface area contributed by atoms with Gasteiger partial charge in [-0.25, -0.2) is 4.79 Å². The minimum absolute atomic E-state index is 0.0851. The molecule has 8 nitrogen and oxygen atoms in total. The van der Waals surface area contributed by atoms with E-state index in [-0.39, 0.29) is 18.8 Å². The number of anilines is 1. The van der Waals surface area contributed by atoms with Crippen molar-refractivity contribution in [1.29, 1.82) is 0 Å². The van der Waals surface area contributed by atoms with Crippen molar-refractivity contribution in [2.24, 2.45) is 0 Å². The fourth-order valence-electron chi connectivity index (χ4n) is 4.22. The van der Waals surface area contributed by atoms with Gasteiger partial charge in [-0.05, 0) is 58.2 Å². The Morgan fingerprint density at radius 1 is 0.947 bits per heavy atom. The van der Waals surface area contributed by atoms with Crippen molar-refractivity contribution in [3.05, 3.63) is 59.2 Å². The molecule has 0 radical (unpaired) electrons. The van der Waals surface area contributed by atoms with Gasteiger partial charge in [0.15, 0.2) is 0 Å². The number of rotatable bonds is 12. The lowest BCUT2D eigenvalue weighted by Gasteiger charge is -2.32. The van der Waals surface area contributed by atoms with Gasteiger partial charge in [-0.15, -0.1) is 0 Å². The molecule has 0 bridgehead atoms. The zero-order chi connectivity index (χ0) is 28.3. The first-order valence-electron chi connectivity index (χ1n) is 13.4. The molecule has 38 heavy (non-hydrogen) atoms. The molecule has 3 amide bonds. The molecule has 0 saturated carbocycles. The summed E-state index contributed by atoms with van der Waals surface area (Å²) in [5.41, 5.74) is 2.04. The van der Waals surface area contributed by atoms with Crippen LogP contribution in [-0.2, 0) is 14.3 Å². The van der Waals surface area contributed by atoms with E-state index in [2.05, 4.69) is 17.6 Å². The first kappa shape index (κ1) is 30.7. The molecule has 0 aliphatic carbocycles. The molecule has 208 valence electrons. The molecule has 1 atom stereocenters. The number of hydrogen-bond acceptors (Lipinski definition) is 5. The maximum Gasteiger partial charge on any atom is 0.408 e. The standard InChI is InChI=1S/C30H43N3O5/c1-7-8-9-10-13-19-33(25(35)20-31-29(37)38-30(4,5)6)27(23-17-11-12-18-24(23)34)28(36)32-26-21(2)15-14-16-22(26)3/h11-12,14-18,27,34H,7-10,13,19-20H2,1-6H3,(H,31,37)(H,32,36). The van der Waals surface area contributed by atoms with Crippen LogP contribution in [0.15, 0.2) is 42.5 Å². The number of phenolic OH excluding ortho intramolecular Hbond substituents is 1. The van der Waals surface area contributed by atoms with Crippen molar-refractivity contribution < 1.29 is 24.2 Å². The topological polar surface area (TPSA) is 108 Å². The largest absolute Gasteiger partial charge is 0.508 e. The van der Waals surface area contributed by atoms with E-state index in [9.17, 15) is 19.5 Å². The van der Waals surface area contributed by atoms with Gasteiger partial charge in [0.25, 0.3) is 5.91 Å². The van der Waals surface area contributed by atoms with Crippen molar-refractivity contribution in [1.82, 2.24) is 10.2 Å². The fraction of sp³-hybridized carbons (Fsp3) is 0.500. The zero-order valence-corrected chi connectivity index (χ0v) is 23.6. The van der Waals surface area contributed by atoms with E-state index in [0.29, 0.717) is 17.7 Å². The first-order chi connectivity index (χ1) is 17.9. The lowest BCUT2D eigenvalue weighted by atomic mass is 10.0. The van der Waals surface area contributed by atoms with Crippen molar-refractivity contribution in [2.75, 3.05) is 18.4 Å². The maximum atomic E-state index is 13.8. The van der Waals surface area contributed by atoms with Crippen LogP contribution in [0.1, 0.15) is 82.5 Å². The Morgan fingerprint density at radius 3 is 2.18 bits per heavy atom. The van der Waals surface area contributed by atoms with Crippen LogP contribution in [0.3, 0.4) is 0 Å². The number of carbonyl (C=O) groups is 3. The summed E-state index contributed by atoms with van der Waals surface area (Å²) in [4.78, 5) is 41.1. The third kappa shape index (κ3) is 9.39. The number of nitrogens with one attached hydrogen (secondary N) is 2. The number of ether oxygens (including phenoxy) is 1. The lowest BCUT2D eigenvalue weighted by Crippen LogP contribution is -2.47. The van der Waals surface area contributed by atoms with E-state index in [0.717, 1.165) is 36.8 Å².